The summed E-state index contributed by atoms with van der Waals surface area (Å²) in [6.07, 6.45) is -1.38. The van der Waals surface area contributed by atoms with Crippen molar-refractivity contribution in [3.05, 3.63) is 34.9 Å². The number of aldehydes is 1. The van der Waals surface area contributed by atoms with Crippen LogP contribution in [0.4, 0.5) is 13.2 Å². The Kier molecular flexibility index (Phi) is 2.70. The molecule has 0 spiro atoms. The molecular weight excluding hydrogens is 181 g/mol. The third kappa shape index (κ3) is 1.71. The zero-order valence-corrected chi connectivity index (χ0v) is 6.85. The molecule has 0 radical (unpaired) electrons. The molecule has 1 rings (SSSR count). The quantitative estimate of drug-likeness (QED) is 0.652. The van der Waals surface area contributed by atoms with Gasteiger partial charge in [-0.2, -0.15) is 0 Å². The number of carbonyl (C=O) groups excluding carboxylic acids is 1. The minimum Gasteiger partial charge on any atom is -0.298 e. The monoisotopic (exact) mass is 188 g/mol. The van der Waals surface area contributed by atoms with Crippen LogP contribution in [0.5, 0.6) is 0 Å². The summed E-state index contributed by atoms with van der Waals surface area (Å²) >= 11 is 0. The molecule has 0 aliphatic rings. The van der Waals surface area contributed by atoms with Gasteiger partial charge in [0, 0.05) is 0 Å². The van der Waals surface area contributed by atoms with E-state index in [0.717, 1.165) is 19.1 Å². The topological polar surface area (TPSA) is 17.1 Å². The second-order valence-electron chi connectivity index (χ2n) is 2.60. The van der Waals surface area contributed by atoms with Crippen molar-refractivity contribution in [3.8, 4) is 0 Å². The number of halogens is 3. The maximum atomic E-state index is 12.8. The molecule has 0 heterocycles. The Balaban J connectivity index is 3.38. The molecular formula is C9H7F3O. The Labute approximate surface area is 73.2 Å². The van der Waals surface area contributed by atoms with E-state index in [4.69, 9.17) is 0 Å². The summed E-state index contributed by atoms with van der Waals surface area (Å²) in [7, 11) is 0. The van der Waals surface area contributed by atoms with Gasteiger partial charge in [0.2, 0.25) is 0 Å². The fraction of sp³-hybridized carbons (Fsp3) is 0.222. The Hall–Kier alpha value is -1.32. The molecule has 0 aliphatic heterocycles. The summed E-state index contributed by atoms with van der Waals surface area (Å²) in [6, 6.07) is 1.86. The van der Waals surface area contributed by atoms with Gasteiger partial charge in [0.25, 0.3) is 0 Å². The van der Waals surface area contributed by atoms with Crippen molar-refractivity contribution in [1.82, 2.24) is 0 Å². The zero-order chi connectivity index (χ0) is 10.0. The highest BCUT2D eigenvalue weighted by Gasteiger charge is 2.16. The molecule has 0 amide bonds. The van der Waals surface area contributed by atoms with E-state index in [1.54, 1.807) is 0 Å². The Morgan fingerprint density at radius 2 is 2.00 bits per heavy atom. The van der Waals surface area contributed by atoms with Gasteiger partial charge in [-0.3, -0.25) is 4.79 Å². The smallest absolute Gasteiger partial charge is 0.169 e. The van der Waals surface area contributed by atoms with Gasteiger partial charge >= 0.3 is 0 Å². The maximum absolute atomic E-state index is 12.8. The molecule has 0 saturated carbocycles. The van der Waals surface area contributed by atoms with Gasteiger partial charge in [-0.15, -0.1) is 0 Å². The molecule has 0 unspecified atom stereocenters. The third-order valence-electron chi connectivity index (χ3n) is 1.71. The first kappa shape index (κ1) is 9.77. The predicted octanol–water partition coefficient (Wildman–Crippen LogP) is 2.81. The summed E-state index contributed by atoms with van der Waals surface area (Å²) < 4.78 is 38.1. The van der Waals surface area contributed by atoms with Crippen molar-refractivity contribution in [3.63, 3.8) is 0 Å². The van der Waals surface area contributed by atoms with E-state index in [-0.39, 0.29) is 11.8 Å². The van der Waals surface area contributed by atoms with Crippen LogP contribution in [0.2, 0.25) is 0 Å². The number of hydrogen-bond donors (Lipinski definition) is 0. The van der Waals surface area contributed by atoms with Crippen molar-refractivity contribution in [2.45, 2.75) is 13.1 Å². The van der Waals surface area contributed by atoms with E-state index in [2.05, 4.69) is 0 Å². The van der Waals surface area contributed by atoms with Crippen LogP contribution in [-0.4, -0.2) is 6.29 Å². The van der Waals surface area contributed by atoms with Crippen LogP contribution >= 0.6 is 0 Å². The molecule has 0 aliphatic carbocycles. The maximum Gasteiger partial charge on any atom is 0.169 e. The lowest BCUT2D eigenvalue weighted by Gasteiger charge is -2.06. The highest BCUT2D eigenvalue weighted by atomic mass is 19.2. The number of carbonyl (C=O) groups is 1. The van der Waals surface area contributed by atoms with Crippen LogP contribution in [0.15, 0.2) is 12.1 Å². The van der Waals surface area contributed by atoms with Crippen LogP contribution in [-0.2, 0) is 0 Å². The molecule has 0 bridgehead atoms. The summed E-state index contributed by atoms with van der Waals surface area (Å²) in [6.45, 7) is 1.15. The van der Waals surface area contributed by atoms with Gasteiger partial charge in [-0.1, -0.05) is 6.07 Å². The average molecular weight is 188 g/mol. The highest BCUT2D eigenvalue weighted by molar-refractivity contribution is 5.78. The van der Waals surface area contributed by atoms with Gasteiger partial charge in [0.1, 0.15) is 6.17 Å². The number of alkyl halides is 1. The molecule has 0 aromatic heterocycles. The largest absolute Gasteiger partial charge is 0.298 e. The Morgan fingerprint density at radius 1 is 1.38 bits per heavy atom. The molecule has 1 atom stereocenters. The van der Waals surface area contributed by atoms with Gasteiger partial charge in [0.05, 0.1) is 5.56 Å². The summed E-state index contributed by atoms with van der Waals surface area (Å²) in [4.78, 5) is 10.3. The first-order chi connectivity index (χ1) is 6.07. The predicted molar refractivity (Wildman–Crippen MR) is 41.3 cm³/mol. The number of hydrogen-bond acceptors (Lipinski definition) is 1. The fourth-order valence-electron chi connectivity index (χ4n) is 1.05. The van der Waals surface area contributed by atoms with Gasteiger partial charge in [0.15, 0.2) is 17.9 Å². The summed E-state index contributed by atoms with van der Waals surface area (Å²) in [5.41, 5.74) is -0.677. The SMILES string of the molecule is C[C@@H](F)c1ccc(F)c(F)c1C=O. The van der Waals surface area contributed by atoms with Crippen LogP contribution < -0.4 is 0 Å². The molecule has 1 aromatic carbocycles. The lowest BCUT2D eigenvalue weighted by Crippen LogP contribution is -2.00. The molecule has 4 heteroatoms. The number of benzene rings is 1. The van der Waals surface area contributed by atoms with Gasteiger partial charge in [-0.05, 0) is 18.6 Å². The van der Waals surface area contributed by atoms with E-state index in [1.807, 2.05) is 0 Å². The lowest BCUT2D eigenvalue weighted by molar-refractivity contribution is 0.111. The van der Waals surface area contributed by atoms with E-state index in [9.17, 15) is 18.0 Å². The molecule has 13 heavy (non-hydrogen) atoms. The Bertz CT molecular complexity index is 334. The van der Waals surface area contributed by atoms with Crippen molar-refractivity contribution in [1.29, 1.82) is 0 Å². The fourth-order valence-corrected chi connectivity index (χ4v) is 1.05. The first-order valence-electron chi connectivity index (χ1n) is 3.65. The number of rotatable bonds is 2. The van der Waals surface area contributed by atoms with Crippen molar-refractivity contribution in [2.75, 3.05) is 0 Å². The van der Waals surface area contributed by atoms with E-state index in [1.165, 1.54) is 0 Å². The zero-order valence-electron chi connectivity index (χ0n) is 6.85. The van der Waals surface area contributed by atoms with E-state index >= 15 is 0 Å². The van der Waals surface area contributed by atoms with Crippen LogP contribution in [0.25, 0.3) is 0 Å². The Morgan fingerprint density at radius 3 is 2.46 bits per heavy atom. The van der Waals surface area contributed by atoms with Crippen molar-refractivity contribution < 1.29 is 18.0 Å². The van der Waals surface area contributed by atoms with Crippen LogP contribution in [0.1, 0.15) is 29.0 Å². The molecule has 0 fully saturated rings. The van der Waals surface area contributed by atoms with E-state index < -0.39 is 23.4 Å². The molecule has 1 aromatic rings. The third-order valence-corrected chi connectivity index (χ3v) is 1.71. The van der Waals surface area contributed by atoms with E-state index in [0.29, 0.717) is 0 Å². The highest BCUT2D eigenvalue weighted by Crippen LogP contribution is 2.23. The standard InChI is InChI=1S/C9H7F3O/c1-5(10)6-2-3-8(11)9(12)7(6)4-13/h2-5H,1H3/t5-/m1/s1. The van der Waals surface area contributed by atoms with Crippen molar-refractivity contribution in [2.24, 2.45) is 0 Å². The van der Waals surface area contributed by atoms with Crippen molar-refractivity contribution >= 4 is 6.29 Å². The minimum absolute atomic E-state index is 0.115. The minimum atomic E-state index is -1.49. The second kappa shape index (κ2) is 3.60. The molecule has 0 saturated heterocycles. The molecule has 1 nitrogen and oxygen atoms in total. The van der Waals surface area contributed by atoms with Crippen LogP contribution in [0, 0.1) is 11.6 Å². The first-order valence-corrected chi connectivity index (χ1v) is 3.65. The van der Waals surface area contributed by atoms with Crippen LogP contribution in [0.3, 0.4) is 0 Å². The summed E-state index contributed by atoms with van der Waals surface area (Å²) in [5, 5.41) is 0. The molecule has 0 N–H and O–H groups in total. The average Bonchev–Trinajstić information content (AvgIpc) is 2.09. The molecule has 70 valence electrons. The van der Waals surface area contributed by atoms with Gasteiger partial charge < -0.3 is 0 Å². The van der Waals surface area contributed by atoms with Gasteiger partial charge in [-0.25, -0.2) is 13.2 Å². The summed E-state index contributed by atoms with van der Waals surface area (Å²) in [5.74, 6) is -2.44. The normalized spacial score (nSPS) is 12.6. The lowest BCUT2D eigenvalue weighted by atomic mass is 10.0. The second-order valence-corrected chi connectivity index (χ2v) is 2.60.